The lowest BCUT2D eigenvalue weighted by Gasteiger charge is -2.58. The maximum absolute atomic E-state index is 12.9. The van der Waals surface area contributed by atoms with Gasteiger partial charge in [-0.1, -0.05) is 111 Å². The molecular formula is C48H77NO4. The summed E-state index contributed by atoms with van der Waals surface area (Å²) in [5, 5.41) is 10.5. The molecule has 0 radical (unpaired) electrons. The molecule has 5 rings (SSSR count). The van der Waals surface area contributed by atoms with Gasteiger partial charge in [-0.2, -0.15) is 0 Å². The molecule has 0 saturated heterocycles. The Labute approximate surface area is 324 Å². The average molecular weight is 732 g/mol. The quantitative estimate of drug-likeness (QED) is 0.0591. The van der Waals surface area contributed by atoms with E-state index in [-0.39, 0.29) is 23.2 Å². The number of aliphatic imine (C=N–C) groups is 1. The minimum atomic E-state index is -0.0707. The number of esters is 1. The molecule has 0 amide bonds. The van der Waals surface area contributed by atoms with E-state index >= 15 is 0 Å². The molecule has 8 atom stereocenters. The zero-order valence-corrected chi connectivity index (χ0v) is 34.8. The Morgan fingerprint density at radius 3 is 2.49 bits per heavy atom. The number of hydrogen-bond acceptors (Lipinski definition) is 5. The van der Waals surface area contributed by atoms with E-state index in [9.17, 15) is 9.90 Å². The normalized spacial score (nSPS) is 30.1. The van der Waals surface area contributed by atoms with Crippen molar-refractivity contribution in [2.24, 2.45) is 51.3 Å². The molecule has 0 spiro atoms. The molecule has 1 aromatic carbocycles. The van der Waals surface area contributed by atoms with Crippen molar-refractivity contribution in [3.05, 3.63) is 35.4 Å². The summed E-state index contributed by atoms with van der Waals surface area (Å²) in [6.07, 6.45) is 29.4. The van der Waals surface area contributed by atoms with E-state index < -0.39 is 0 Å². The highest BCUT2D eigenvalue weighted by Gasteiger charge is 2.59. The molecule has 3 fully saturated rings. The fourth-order valence-corrected chi connectivity index (χ4v) is 11.6. The molecule has 0 aromatic heterocycles. The Morgan fingerprint density at radius 2 is 1.72 bits per heavy atom. The molecule has 3 saturated carbocycles. The topological polar surface area (TPSA) is 68.1 Å². The number of aromatic hydroxyl groups is 1. The van der Waals surface area contributed by atoms with Gasteiger partial charge in [0, 0.05) is 37.2 Å². The number of phenolic OH excluding ortho intramolecular Hbond substituents is 1. The van der Waals surface area contributed by atoms with Crippen LogP contribution >= 0.6 is 0 Å². The molecular weight excluding hydrogens is 655 g/mol. The van der Waals surface area contributed by atoms with Gasteiger partial charge in [0.15, 0.2) is 0 Å². The first kappa shape index (κ1) is 41.9. The molecule has 4 aliphatic carbocycles. The standard InChI is InChI=1S/C48H77NO4/c1-7-8-9-10-11-12-14-30-49-34-37-20-22-39(33-45(37)50)52-31-15-13-19-46(51)53-40-26-28-47(5)38(32-40)21-23-41-43-25-24-42(36(4)18-16-17-35(2)3)48(43,6)29-27-44(41)47/h20-22,33-36,40-44,50H,7-19,23-32H2,1-6H3/t36-,40+,41+,42-,43+,44+,47+,48-/m1/s1. The molecule has 298 valence electrons. The summed E-state index contributed by atoms with van der Waals surface area (Å²) in [6.45, 7) is 16.1. The molecule has 0 bridgehead atoms. The van der Waals surface area contributed by atoms with Crippen LogP contribution < -0.4 is 4.74 Å². The van der Waals surface area contributed by atoms with Crippen molar-refractivity contribution in [1.82, 2.24) is 0 Å². The molecule has 1 aromatic rings. The zero-order chi connectivity index (χ0) is 37.8. The van der Waals surface area contributed by atoms with Gasteiger partial charge in [-0.25, -0.2) is 0 Å². The summed E-state index contributed by atoms with van der Waals surface area (Å²) in [4.78, 5) is 17.4. The summed E-state index contributed by atoms with van der Waals surface area (Å²) in [6, 6.07) is 5.41. The van der Waals surface area contributed by atoms with Crippen LogP contribution in [0.4, 0.5) is 0 Å². The van der Waals surface area contributed by atoms with Crippen molar-refractivity contribution in [2.75, 3.05) is 13.2 Å². The molecule has 0 aliphatic heterocycles. The summed E-state index contributed by atoms with van der Waals surface area (Å²) in [5.41, 5.74) is 3.10. The summed E-state index contributed by atoms with van der Waals surface area (Å²) in [7, 11) is 0. The molecule has 0 heterocycles. The van der Waals surface area contributed by atoms with Crippen LogP contribution in [0.25, 0.3) is 0 Å². The van der Waals surface area contributed by atoms with Gasteiger partial charge in [0.05, 0.1) is 6.61 Å². The number of carbonyl (C=O) groups is 1. The van der Waals surface area contributed by atoms with E-state index in [1.807, 2.05) is 12.1 Å². The smallest absolute Gasteiger partial charge is 0.306 e. The van der Waals surface area contributed by atoms with Crippen molar-refractivity contribution >= 4 is 12.2 Å². The average Bonchev–Trinajstić information content (AvgIpc) is 3.49. The highest BCUT2D eigenvalue weighted by Crippen LogP contribution is 2.67. The van der Waals surface area contributed by atoms with E-state index in [0.717, 1.165) is 86.1 Å². The summed E-state index contributed by atoms with van der Waals surface area (Å²) < 4.78 is 12.0. The number of unbranched alkanes of at least 4 members (excludes halogenated alkanes) is 7. The monoisotopic (exact) mass is 732 g/mol. The van der Waals surface area contributed by atoms with Crippen molar-refractivity contribution in [1.29, 1.82) is 0 Å². The number of benzene rings is 1. The predicted octanol–water partition coefficient (Wildman–Crippen LogP) is 13.1. The fraction of sp³-hybridized carbons (Fsp3) is 0.792. The molecule has 5 nitrogen and oxygen atoms in total. The van der Waals surface area contributed by atoms with Crippen LogP contribution in [0, 0.1) is 46.3 Å². The van der Waals surface area contributed by atoms with Gasteiger partial charge in [-0.3, -0.25) is 9.79 Å². The van der Waals surface area contributed by atoms with Crippen LogP contribution in [0.15, 0.2) is 34.8 Å². The number of fused-ring (bicyclic) bond motifs is 5. The number of allylic oxidation sites excluding steroid dienone is 1. The number of carbonyl (C=O) groups excluding carboxylic acids is 1. The third-order valence-electron chi connectivity index (χ3n) is 14.7. The van der Waals surface area contributed by atoms with Crippen LogP contribution in [-0.4, -0.2) is 36.5 Å². The first-order valence-corrected chi connectivity index (χ1v) is 22.4. The number of phenols is 1. The number of ether oxygens (including phenoxy) is 2. The van der Waals surface area contributed by atoms with Gasteiger partial charge in [-0.05, 0) is 123 Å². The molecule has 5 heteroatoms. The Hall–Kier alpha value is -2.30. The van der Waals surface area contributed by atoms with E-state index in [4.69, 9.17) is 9.47 Å². The van der Waals surface area contributed by atoms with E-state index in [0.29, 0.717) is 24.2 Å². The van der Waals surface area contributed by atoms with Gasteiger partial charge < -0.3 is 14.6 Å². The van der Waals surface area contributed by atoms with Crippen molar-refractivity contribution in [3.63, 3.8) is 0 Å². The van der Waals surface area contributed by atoms with Gasteiger partial charge in [0.2, 0.25) is 0 Å². The third-order valence-corrected chi connectivity index (χ3v) is 14.7. The first-order chi connectivity index (χ1) is 25.5. The Bertz CT molecular complexity index is 1350. The number of rotatable bonds is 21. The lowest BCUT2D eigenvalue weighted by molar-refractivity contribution is -0.151. The molecule has 53 heavy (non-hydrogen) atoms. The maximum Gasteiger partial charge on any atom is 0.306 e. The van der Waals surface area contributed by atoms with Gasteiger partial charge in [0.1, 0.15) is 17.6 Å². The van der Waals surface area contributed by atoms with Crippen LogP contribution in [-0.2, 0) is 9.53 Å². The van der Waals surface area contributed by atoms with Crippen LogP contribution in [0.5, 0.6) is 11.5 Å². The largest absolute Gasteiger partial charge is 0.507 e. The van der Waals surface area contributed by atoms with Crippen molar-refractivity contribution in [3.8, 4) is 11.5 Å². The lowest BCUT2D eigenvalue weighted by atomic mass is 9.47. The second kappa shape index (κ2) is 20.0. The second-order valence-electron chi connectivity index (χ2n) is 18.8. The van der Waals surface area contributed by atoms with Crippen LogP contribution in [0.2, 0.25) is 0 Å². The van der Waals surface area contributed by atoms with Crippen LogP contribution in [0.3, 0.4) is 0 Å². The summed E-state index contributed by atoms with van der Waals surface area (Å²) >= 11 is 0. The first-order valence-electron chi connectivity index (χ1n) is 22.4. The minimum Gasteiger partial charge on any atom is -0.507 e. The molecule has 0 unspecified atom stereocenters. The maximum atomic E-state index is 12.9. The highest BCUT2D eigenvalue weighted by molar-refractivity contribution is 5.83. The lowest BCUT2D eigenvalue weighted by Crippen LogP contribution is -2.51. The zero-order valence-electron chi connectivity index (χ0n) is 34.8. The Kier molecular flexibility index (Phi) is 15.8. The van der Waals surface area contributed by atoms with Gasteiger partial charge in [-0.15, -0.1) is 0 Å². The number of hydrogen-bond donors (Lipinski definition) is 1. The predicted molar refractivity (Wildman–Crippen MR) is 221 cm³/mol. The Balaban J connectivity index is 0.994. The molecule has 4 aliphatic rings. The Morgan fingerprint density at radius 1 is 0.925 bits per heavy atom. The van der Waals surface area contributed by atoms with E-state index in [1.54, 1.807) is 17.9 Å². The number of nitrogens with zero attached hydrogens (tertiary/aromatic N) is 1. The van der Waals surface area contributed by atoms with Crippen molar-refractivity contribution < 1.29 is 19.4 Å². The third kappa shape index (κ3) is 10.9. The van der Waals surface area contributed by atoms with Crippen molar-refractivity contribution in [2.45, 2.75) is 182 Å². The summed E-state index contributed by atoms with van der Waals surface area (Å²) in [5.74, 6) is 5.83. The fourth-order valence-electron chi connectivity index (χ4n) is 11.6. The minimum absolute atomic E-state index is 0.0200. The highest BCUT2D eigenvalue weighted by atomic mass is 16.5. The van der Waals surface area contributed by atoms with Crippen LogP contribution in [0.1, 0.15) is 182 Å². The SMILES string of the molecule is CCCCCCCCCN=Cc1ccc(OCCCCC(=O)O[C@H]2CC[C@@]3(C)C(=CC[C@H]4[C@@H]5CC[C@H]([C@H](C)CCCC(C)C)[C@@]5(C)CC[C@@H]43)C2)cc1O. The van der Waals surface area contributed by atoms with Gasteiger partial charge >= 0.3 is 5.97 Å². The van der Waals surface area contributed by atoms with E-state index in [2.05, 4.69) is 52.6 Å². The van der Waals surface area contributed by atoms with E-state index in [1.165, 1.54) is 89.9 Å². The second-order valence-corrected chi connectivity index (χ2v) is 18.8. The van der Waals surface area contributed by atoms with Gasteiger partial charge in [0.25, 0.3) is 0 Å². The molecule has 1 N–H and O–H groups in total.